The number of carboxylic acid groups (broad SMARTS) is 1. The Bertz CT molecular complexity index is 683. The van der Waals surface area contributed by atoms with Gasteiger partial charge in [-0.15, -0.1) is 0 Å². The van der Waals surface area contributed by atoms with Crippen LogP contribution in [0.3, 0.4) is 0 Å². The Morgan fingerprint density at radius 1 is 1.25 bits per heavy atom. The summed E-state index contributed by atoms with van der Waals surface area (Å²) in [7, 11) is -1.40. The van der Waals surface area contributed by atoms with E-state index in [1.807, 2.05) is 31.2 Å². The minimum Gasteiger partial charge on any atom is -0.478 e. The van der Waals surface area contributed by atoms with Gasteiger partial charge in [-0.3, -0.25) is 4.21 Å². The molecule has 0 saturated carbocycles. The highest BCUT2D eigenvalue weighted by molar-refractivity contribution is 9.10. The molecule has 1 N–H and O–H groups in total. The average molecular weight is 353 g/mol. The zero-order valence-electron chi connectivity index (χ0n) is 10.8. The summed E-state index contributed by atoms with van der Waals surface area (Å²) in [6, 6.07) is 12.4. The molecule has 3 nitrogen and oxygen atoms in total. The normalized spacial score (nSPS) is 12.1. The number of benzene rings is 2. The smallest absolute Gasteiger partial charge is 0.336 e. The fourth-order valence-electron chi connectivity index (χ4n) is 1.85. The Hall–Kier alpha value is -1.46. The summed E-state index contributed by atoms with van der Waals surface area (Å²) < 4.78 is 13.2. The van der Waals surface area contributed by atoms with Gasteiger partial charge in [-0.2, -0.15) is 0 Å². The number of aromatic carboxylic acids is 1. The lowest BCUT2D eigenvalue weighted by atomic mass is 10.1. The third kappa shape index (κ3) is 3.35. The molecule has 0 radical (unpaired) electrons. The van der Waals surface area contributed by atoms with Crippen LogP contribution in [0.15, 0.2) is 51.8 Å². The van der Waals surface area contributed by atoms with Crippen LogP contribution in [0.2, 0.25) is 0 Å². The Morgan fingerprint density at radius 3 is 2.60 bits per heavy atom. The van der Waals surface area contributed by atoms with Gasteiger partial charge in [0.15, 0.2) is 0 Å². The van der Waals surface area contributed by atoms with Crippen molar-refractivity contribution in [1.29, 1.82) is 0 Å². The molecule has 104 valence electrons. The van der Waals surface area contributed by atoms with Gasteiger partial charge >= 0.3 is 5.97 Å². The van der Waals surface area contributed by atoms with Crippen molar-refractivity contribution in [2.45, 2.75) is 17.6 Å². The molecule has 1 unspecified atom stereocenters. The fourth-order valence-corrected chi connectivity index (χ4v) is 3.79. The molecule has 1 atom stereocenters. The summed E-state index contributed by atoms with van der Waals surface area (Å²) in [4.78, 5) is 11.5. The van der Waals surface area contributed by atoms with Crippen molar-refractivity contribution in [2.75, 3.05) is 0 Å². The summed E-state index contributed by atoms with van der Waals surface area (Å²) in [5.74, 6) is -0.755. The number of carboxylic acids is 1. The third-order valence-corrected chi connectivity index (χ3v) is 4.86. The van der Waals surface area contributed by atoms with Crippen molar-refractivity contribution in [3.05, 3.63) is 63.6 Å². The second-order valence-corrected chi connectivity index (χ2v) is 6.70. The SMILES string of the molecule is Cc1ccccc1CS(=O)c1cc(Br)ccc1C(=O)O. The second-order valence-electron chi connectivity index (χ2n) is 4.36. The van der Waals surface area contributed by atoms with Crippen LogP contribution in [0.5, 0.6) is 0 Å². The highest BCUT2D eigenvalue weighted by Gasteiger charge is 2.16. The molecule has 0 aliphatic heterocycles. The Labute approximate surface area is 128 Å². The molecule has 0 heterocycles. The zero-order valence-corrected chi connectivity index (χ0v) is 13.2. The van der Waals surface area contributed by atoms with Gasteiger partial charge < -0.3 is 5.11 Å². The lowest BCUT2D eigenvalue weighted by Gasteiger charge is -2.09. The molecule has 0 fully saturated rings. The van der Waals surface area contributed by atoms with Crippen LogP contribution in [0.25, 0.3) is 0 Å². The van der Waals surface area contributed by atoms with Crippen molar-refractivity contribution >= 4 is 32.7 Å². The molecule has 0 amide bonds. The average Bonchev–Trinajstić information content (AvgIpc) is 2.40. The molecular formula is C15H13BrO3S. The third-order valence-electron chi connectivity index (χ3n) is 2.97. The molecule has 2 aromatic rings. The van der Waals surface area contributed by atoms with Crippen LogP contribution < -0.4 is 0 Å². The number of hydrogen-bond acceptors (Lipinski definition) is 2. The molecule has 0 spiro atoms. The molecule has 0 aliphatic rings. The molecule has 0 aromatic heterocycles. The van der Waals surface area contributed by atoms with Gasteiger partial charge in [0.2, 0.25) is 0 Å². The van der Waals surface area contributed by atoms with E-state index in [-0.39, 0.29) is 5.56 Å². The Balaban J connectivity index is 2.37. The number of carbonyl (C=O) groups is 1. The maximum atomic E-state index is 12.5. The fraction of sp³-hybridized carbons (Fsp3) is 0.133. The van der Waals surface area contributed by atoms with Gasteiger partial charge in [-0.1, -0.05) is 40.2 Å². The van der Waals surface area contributed by atoms with Crippen molar-refractivity contribution in [2.24, 2.45) is 0 Å². The standard InChI is InChI=1S/C15H13BrO3S/c1-10-4-2-3-5-11(10)9-20(19)14-8-12(16)6-7-13(14)15(17)18/h2-8H,9H2,1H3,(H,17,18). The summed E-state index contributed by atoms with van der Waals surface area (Å²) in [6.07, 6.45) is 0. The highest BCUT2D eigenvalue weighted by atomic mass is 79.9. The zero-order chi connectivity index (χ0) is 14.7. The van der Waals surface area contributed by atoms with E-state index < -0.39 is 16.8 Å². The van der Waals surface area contributed by atoms with Gasteiger partial charge in [0.1, 0.15) is 0 Å². The molecule has 5 heteroatoms. The first-order valence-electron chi connectivity index (χ1n) is 5.95. The first kappa shape index (κ1) is 14.9. The van der Waals surface area contributed by atoms with Gasteiger partial charge in [-0.05, 0) is 36.2 Å². The summed E-state index contributed by atoms with van der Waals surface area (Å²) in [5, 5.41) is 9.18. The molecule has 0 aliphatic carbocycles. The summed E-state index contributed by atoms with van der Waals surface area (Å²) >= 11 is 3.29. The maximum Gasteiger partial charge on any atom is 0.336 e. The maximum absolute atomic E-state index is 12.5. The van der Waals surface area contributed by atoms with E-state index >= 15 is 0 Å². The van der Waals surface area contributed by atoms with E-state index in [0.717, 1.165) is 15.6 Å². The minimum absolute atomic E-state index is 0.0834. The predicted octanol–water partition coefficient (Wildman–Crippen LogP) is 3.76. The van der Waals surface area contributed by atoms with Gasteiger partial charge in [0.05, 0.1) is 27.0 Å². The van der Waals surface area contributed by atoms with Crippen LogP contribution in [0.4, 0.5) is 0 Å². The first-order chi connectivity index (χ1) is 9.49. The summed E-state index contributed by atoms with van der Waals surface area (Å²) in [5.41, 5.74) is 2.09. The van der Waals surface area contributed by atoms with Crippen molar-refractivity contribution in [1.82, 2.24) is 0 Å². The van der Waals surface area contributed by atoms with Crippen LogP contribution in [0.1, 0.15) is 21.5 Å². The lowest BCUT2D eigenvalue weighted by molar-refractivity contribution is 0.0693. The summed E-state index contributed by atoms with van der Waals surface area (Å²) in [6.45, 7) is 1.95. The molecule has 0 saturated heterocycles. The van der Waals surface area contributed by atoms with E-state index in [2.05, 4.69) is 15.9 Å². The predicted molar refractivity (Wildman–Crippen MR) is 82.4 cm³/mol. The number of hydrogen-bond donors (Lipinski definition) is 1. The Kier molecular flexibility index (Phi) is 4.73. The molecule has 20 heavy (non-hydrogen) atoms. The van der Waals surface area contributed by atoms with Crippen molar-refractivity contribution in [3.8, 4) is 0 Å². The van der Waals surface area contributed by atoms with Gasteiger partial charge in [0.25, 0.3) is 0 Å². The largest absolute Gasteiger partial charge is 0.478 e. The van der Waals surface area contributed by atoms with Crippen molar-refractivity contribution < 1.29 is 14.1 Å². The van der Waals surface area contributed by atoms with E-state index in [1.54, 1.807) is 12.1 Å². The van der Waals surface area contributed by atoms with E-state index in [4.69, 9.17) is 0 Å². The van der Waals surface area contributed by atoms with E-state index in [1.165, 1.54) is 6.07 Å². The van der Waals surface area contributed by atoms with Crippen LogP contribution in [-0.4, -0.2) is 15.3 Å². The highest BCUT2D eigenvalue weighted by Crippen LogP contribution is 2.23. The lowest BCUT2D eigenvalue weighted by Crippen LogP contribution is -2.06. The van der Waals surface area contributed by atoms with Gasteiger partial charge in [0, 0.05) is 4.47 Å². The van der Waals surface area contributed by atoms with E-state index in [9.17, 15) is 14.1 Å². The van der Waals surface area contributed by atoms with Gasteiger partial charge in [-0.25, -0.2) is 4.79 Å². The molecule has 0 bridgehead atoms. The minimum atomic E-state index is -1.40. The monoisotopic (exact) mass is 352 g/mol. The van der Waals surface area contributed by atoms with Crippen LogP contribution in [-0.2, 0) is 16.6 Å². The number of halogens is 1. The van der Waals surface area contributed by atoms with Crippen molar-refractivity contribution in [3.63, 3.8) is 0 Å². The topological polar surface area (TPSA) is 54.4 Å². The van der Waals surface area contributed by atoms with Crippen LogP contribution in [0, 0.1) is 6.92 Å². The molecule has 2 aromatic carbocycles. The van der Waals surface area contributed by atoms with E-state index in [0.29, 0.717) is 10.6 Å². The quantitative estimate of drug-likeness (QED) is 0.911. The molecule has 2 rings (SSSR count). The Morgan fingerprint density at radius 2 is 1.95 bits per heavy atom. The number of aryl methyl sites for hydroxylation is 1. The first-order valence-corrected chi connectivity index (χ1v) is 8.06. The molecular weight excluding hydrogens is 340 g/mol. The number of rotatable bonds is 4. The second kappa shape index (κ2) is 6.33. The van der Waals surface area contributed by atoms with Crippen LogP contribution >= 0.6 is 15.9 Å².